The van der Waals surface area contributed by atoms with E-state index in [0.717, 1.165) is 29.7 Å². The van der Waals surface area contributed by atoms with Crippen LogP contribution in [0.3, 0.4) is 0 Å². The van der Waals surface area contributed by atoms with Crippen LogP contribution in [0, 0.1) is 0 Å². The van der Waals surface area contributed by atoms with Crippen molar-refractivity contribution in [2.75, 3.05) is 11.1 Å². The molecule has 2 N–H and O–H groups in total. The molecule has 1 aliphatic heterocycles. The van der Waals surface area contributed by atoms with Gasteiger partial charge in [0.1, 0.15) is 18.2 Å². The zero-order valence-corrected chi connectivity index (χ0v) is 18.6. The molecule has 162 valence electrons. The Labute approximate surface area is 186 Å². The number of rotatable bonds is 7. The summed E-state index contributed by atoms with van der Waals surface area (Å²) in [6.45, 7) is 4.66. The van der Waals surface area contributed by atoms with Crippen LogP contribution >= 0.6 is 11.8 Å². The van der Waals surface area contributed by atoms with Gasteiger partial charge in [-0.2, -0.15) is 0 Å². The van der Waals surface area contributed by atoms with Crippen molar-refractivity contribution in [2.45, 2.75) is 44.6 Å². The Bertz CT molecular complexity index is 1090. The molecule has 2 atom stereocenters. The van der Waals surface area contributed by atoms with Crippen LogP contribution in [0.5, 0.6) is 5.75 Å². The summed E-state index contributed by atoms with van der Waals surface area (Å²) in [4.78, 5) is 25.3. The van der Waals surface area contributed by atoms with Crippen molar-refractivity contribution in [3.8, 4) is 5.75 Å². The fourth-order valence-corrected chi connectivity index (χ4v) is 4.99. The molecule has 0 aliphatic carbocycles. The third-order valence-corrected chi connectivity index (χ3v) is 6.71. The second-order valence-electron chi connectivity index (χ2n) is 7.79. The van der Waals surface area contributed by atoms with Crippen LogP contribution in [0.2, 0.25) is 0 Å². The number of H-pyrrole nitrogens is 1. The van der Waals surface area contributed by atoms with E-state index in [9.17, 15) is 9.59 Å². The maximum absolute atomic E-state index is 12.9. The van der Waals surface area contributed by atoms with Crippen LogP contribution in [0.15, 0.2) is 59.4 Å². The zero-order valence-electron chi connectivity index (χ0n) is 17.8. The predicted octanol–water partition coefficient (Wildman–Crippen LogP) is 4.89. The molecule has 3 aromatic rings. The standard InChI is InChI=1S/C24H27N3O3S/c1-3-7-16(2)27-23-21(24(29)26-27)22(31-15-20(28)25-23)18-10-12-19(13-11-18)30-14-17-8-5-4-6-9-17/h4-6,8-13,16,22H,3,7,14-15H2,1-2H3,(H,25,28)(H,26,29)/t16-,22-/m1/s1. The number of fused-ring (bicyclic) bond motifs is 1. The minimum atomic E-state index is -0.226. The van der Waals surface area contributed by atoms with Gasteiger partial charge in [0.05, 0.1) is 16.6 Å². The third-order valence-electron chi connectivity index (χ3n) is 5.44. The second-order valence-corrected chi connectivity index (χ2v) is 8.89. The van der Waals surface area contributed by atoms with Gasteiger partial charge in [-0.25, -0.2) is 0 Å². The molecule has 2 aromatic carbocycles. The topological polar surface area (TPSA) is 76.1 Å². The molecular weight excluding hydrogens is 410 g/mol. The van der Waals surface area contributed by atoms with Crippen molar-refractivity contribution in [1.29, 1.82) is 0 Å². The molecule has 4 rings (SSSR count). The van der Waals surface area contributed by atoms with Gasteiger partial charge >= 0.3 is 0 Å². The minimum Gasteiger partial charge on any atom is -0.489 e. The summed E-state index contributed by atoms with van der Waals surface area (Å²) in [6, 6.07) is 17.9. The Morgan fingerprint density at radius 2 is 1.87 bits per heavy atom. The average Bonchev–Trinajstić information content (AvgIpc) is 2.99. The maximum Gasteiger partial charge on any atom is 0.270 e. The molecule has 1 amide bonds. The number of hydrogen-bond donors (Lipinski definition) is 2. The fourth-order valence-electron chi connectivity index (χ4n) is 3.86. The molecule has 7 heteroatoms. The summed E-state index contributed by atoms with van der Waals surface area (Å²) < 4.78 is 7.70. The molecule has 0 saturated heterocycles. The molecule has 2 heterocycles. The molecule has 6 nitrogen and oxygen atoms in total. The molecule has 0 radical (unpaired) electrons. The third kappa shape index (κ3) is 4.71. The molecular formula is C24H27N3O3S. The van der Waals surface area contributed by atoms with E-state index in [1.807, 2.05) is 59.3 Å². The van der Waals surface area contributed by atoms with E-state index in [2.05, 4.69) is 24.3 Å². The Balaban J connectivity index is 1.60. The summed E-state index contributed by atoms with van der Waals surface area (Å²) in [5.74, 6) is 1.57. The normalized spacial score (nSPS) is 16.8. The van der Waals surface area contributed by atoms with E-state index in [-0.39, 0.29) is 22.8 Å². The van der Waals surface area contributed by atoms with Gasteiger partial charge in [-0.3, -0.25) is 19.4 Å². The van der Waals surface area contributed by atoms with E-state index in [0.29, 0.717) is 23.7 Å². The number of amides is 1. The van der Waals surface area contributed by atoms with Gasteiger partial charge < -0.3 is 10.1 Å². The lowest BCUT2D eigenvalue weighted by molar-refractivity contribution is -0.113. The highest BCUT2D eigenvalue weighted by Gasteiger charge is 2.31. The Morgan fingerprint density at radius 1 is 1.13 bits per heavy atom. The summed E-state index contributed by atoms with van der Waals surface area (Å²) in [5.41, 5.74) is 2.54. The van der Waals surface area contributed by atoms with Crippen molar-refractivity contribution in [1.82, 2.24) is 9.78 Å². The first-order valence-electron chi connectivity index (χ1n) is 10.6. The van der Waals surface area contributed by atoms with Crippen LogP contribution in [-0.2, 0) is 11.4 Å². The van der Waals surface area contributed by atoms with Crippen LogP contribution in [0.1, 0.15) is 54.7 Å². The molecule has 0 spiro atoms. The summed E-state index contributed by atoms with van der Waals surface area (Å²) in [6.07, 6.45) is 1.91. The fraction of sp³-hybridized carbons (Fsp3) is 0.333. The van der Waals surface area contributed by atoms with Gasteiger partial charge in [0, 0.05) is 6.04 Å². The van der Waals surface area contributed by atoms with E-state index < -0.39 is 0 Å². The first-order chi connectivity index (χ1) is 15.1. The number of aromatic amines is 1. The monoisotopic (exact) mass is 437 g/mol. The number of carbonyl (C=O) groups is 1. The van der Waals surface area contributed by atoms with E-state index in [1.165, 1.54) is 11.8 Å². The van der Waals surface area contributed by atoms with E-state index in [4.69, 9.17) is 4.74 Å². The smallest absolute Gasteiger partial charge is 0.270 e. The minimum absolute atomic E-state index is 0.0898. The van der Waals surface area contributed by atoms with Crippen molar-refractivity contribution in [3.63, 3.8) is 0 Å². The van der Waals surface area contributed by atoms with Gasteiger partial charge in [-0.15, -0.1) is 11.8 Å². The van der Waals surface area contributed by atoms with Gasteiger partial charge in [-0.05, 0) is 36.6 Å². The first kappa shape index (κ1) is 21.3. The van der Waals surface area contributed by atoms with Crippen molar-refractivity contribution in [3.05, 3.63) is 81.6 Å². The zero-order chi connectivity index (χ0) is 21.8. The molecule has 0 bridgehead atoms. The van der Waals surface area contributed by atoms with Crippen LogP contribution in [0.4, 0.5) is 5.82 Å². The highest BCUT2D eigenvalue weighted by Crippen LogP contribution is 2.41. The van der Waals surface area contributed by atoms with E-state index >= 15 is 0 Å². The Hall–Kier alpha value is -2.93. The predicted molar refractivity (Wildman–Crippen MR) is 125 cm³/mol. The lowest BCUT2D eigenvalue weighted by Gasteiger charge is -2.17. The van der Waals surface area contributed by atoms with Crippen LogP contribution < -0.4 is 15.6 Å². The number of benzene rings is 2. The second kappa shape index (κ2) is 9.47. The lowest BCUT2D eigenvalue weighted by atomic mass is 10.1. The molecule has 1 aromatic heterocycles. The summed E-state index contributed by atoms with van der Waals surface area (Å²) >= 11 is 1.47. The summed E-state index contributed by atoms with van der Waals surface area (Å²) in [7, 11) is 0. The highest BCUT2D eigenvalue weighted by atomic mass is 32.2. The SMILES string of the molecule is CCC[C@@H](C)n1[nH]c(=O)c2c1NC(=O)CS[C@@H]2c1ccc(OCc2ccccc2)cc1. The molecule has 0 saturated carbocycles. The van der Waals surface area contributed by atoms with Gasteiger partial charge in [-0.1, -0.05) is 55.8 Å². The molecule has 0 unspecified atom stereocenters. The number of thioether (sulfide) groups is 1. The Morgan fingerprint density at radius 3 is 2.58 bits per heavy atom. The summed E-state index contributed by atoms with van der Waals surface area (Å²) in [5, 5.41) is 5.67. The number of carbonyl (C=O) groups excluding carboxylic acids is 1. The van der Waals surface area contributed by atoms with Gasteiger partial charge in [0.2, 0.25) is 5.91 Å². The number of aromatic nitrogens is 2. The molecule has 1 aliphatic rings. The first-order valence-corrected chi connectivity index (χ1v) is 11.6. The van der Waals surface area contributed by atoms with Crippen LogP contribution in [-0.4, -0.2) is 21.4 Å². The number of hydrogen-bond acceptors (Lipinski definition) is 4. The maximum atomic E-state index is 12.9. The number of anilines is 1. The van der Waals surface area contributed by atoms with Gasteiger partial charge in [0.25, 0.3) is 5.56 Å². The van der Waals surface area contributed by atoms with Crippen molar-refractivity contribution in [2.24, 2.45) is 0 Å². The van der Waals surface area contributed by atoms with Crippen LogP contribution in [0.25, 0.3) is 0 Å². The number of nitrogens with zero attached hydrogens (tertiary/aromatic N) is 1. The largest absolute Gasteiger partial charge is 0.489 e. The average molecular weight is 438 g/mol. The van der Waals surface area contributed by atoms with Crippen molar-refractivity contribution < 1.29 is 9.53 Å². The van der Waals surface area contributed by atoms with E-state index in [1.54, 1.807) is 0 Å². The van der Waals surface area contributed by atoms with Crippen molar-refractivity contribution >= 4 is 23.5 Å². The Kier molecular flexibility index (Phi) is 6.51. The number of ether oxygens (including phenoxy) is 1. The quantitative estimate of drug-likeness (QED) is 0.552. The highest BCUT2D eigenvalue weighted by molar-refractivity contribution is 8.00. The lowest BCUT2D eigenvalue weighted by Crippen LogP contribution is -2.18. The number of nitrogens with one attached hydrogen (secondary N) is 2. The van der Waals surface area contributed by atoms with Gasteiger partial charge in [0.15, 0.2) is 0 Å². The molecule has 0 fully saturated rings. The molecule has 31 heavy (non-hydrogen) atoms.